The second kappa shape index (κ2) is 6.22. The highest BCUT2D eigenvalue weighted by atomic mass is 16.7. The topological polar surface area (TPSA) is 59.9 Å². The molecule has 0 saturated carbocycles. The van der Waals surface area contributed by atoms with Crippen LogP contribution in [0.2, 0.25) is 0 Å². The molecule has 102 valence electrons. The third kappa shape index (κ3) is 3.47. The quantitative estimate of drug-likeness (QED) is 0.655. The zero-order chi connectivity index (χ0) is 13.7. The Morgan fingerprint density at radius 2 is 2.16 bits per heavy atom. The maximum Gasteiger partial charge on any atom is 0.240 e. The summed E-state index contributed by atoms with van der Waals surface area (Å²) in [6.07, 6.45) is 2.39. The molecule has 0 spiro atoms. The third-order valence-electron chi connectivity index (χ3n) is 2.90. The molecule has 5 heteroatoms. The molecule has 1 aromatic rings. The lowest BCUT2D eigenvalue weighted by atomic mass is 10.1. The van der Waals surface area contributed by atoms with E-state index in [4.69, 9.17) is 9.47 Å². The van der Waals surface area contributed by atoms with E-state index in [-0.39, 0.29) is 12.7 Å². The van der Waals surface area contributed by atoms with Gasteiger partial charge < -0.3 is 9.47 Å². The molecule has 0 atom stereocenters. The molecule has 5 nitrogen and oxygen atoms in total. The van der Waals surface area contributed by atoms with Gasteiger partial charge in [0.2, 0.25) is 12.7 Å². The van der Waals surface area contributed by atoms with Crippen molar-refractivity contribution in [2.24, 2.45) is 5.10 Å². The van der Waals surface area contributed by atoms with E-state index in [1.54, 1.807) is 0 Å². The number of nitrogens with one attached hydrogen (secondary N) is 1. The average molecular weight is 262 g/mol. The van der Waals surface area contributed by atoms with Crippen molar-refractivity contribution in [3.8, 4) is 11.5 Å². The van der Waals surface area contributed by atoms with Crippen LogP contribution < -0.4 is 14.9 Å². The van der Waals surface area contributed by atoms with Crippen molar-refractivity contribution < 1.29 is 14.3 Å². The SMILES string of the molecule is CCCCC(=O)N/N=C(\C)c1ccc2c(c1)OCO2. The lowest BCUT2D eigenvalue weighted by Crippen LogP contribution is -2.18. The van der Waals surface area contributed by atoms with Crippen molar-refractivity contribution in [3.05, 3.63) is 23.8 Å². The van der Waals surface area contributed by atoms with E-state index in [9.17, 15) is 4.79 Å². The standard InChI is InChI=1S/C14H18N2O3/c1-3-4-5-14(17)16-15-10(2)11-6-7-12-13(8-11)19-9-18-12/h6-8H,3-5,9H2,1-2H3,(H,16,17)/b15-10+. The van der Waals surface area contributed by atoms with E-state index in [0.29, 0.717) is 12.2 Å². The number of benzene rings is 1. The summed E-state index contributed by atoms with van der Waals surface area (Å²) in [6, 6.07) is 5.60. The first kappa shape index (κ1) is 13.4. The molecule has 19 heavy (non-hydrogen) atoms. The maximum atomic E-state index is 11.5. The van der Waals surface area contributed by atoms with Gasteiger partial charge >= 0.3 is 0 Å². The van der Waals surface area contributed by atoms with Gasteiger partial charge in [0, 0.05) is 12.0 Å². The minimum Gasteiger partial charge on any atom is -0.454 e. The normalized spacial score (nSPS) is 13.5. The Balaban J connectivity index is 1.99. The molecule has 1 heterocycles. The number of nitrogens with zero attached hydrogens (tertiary/aromatic N) is 1. The minimum absolute atomic E-state index is 0.0538. The maximum absolute atomic E-state index is 11.5. The van der Waals surface area contributed by atoms with Crippen LogP contribution in [0.1, 0.15) is 38.7 Å². The summed E-state index contributed by atoms with van der Waals surface area (Å²) in [5.41, 5.74) is 4.20. The molecule has 0 aliphatic carbocycles. The van der Waals surface area contributed by atoms with Crippen LogP contribution in [-0.4, -0.2) is 18.4 Å². The summed E-state index contributed by atoms with van der Waals surface area (Å²) in [6.45, 7) is 4.15. The lowest BCUT2D eigenvalue weighted by Gasteiger charge is -2.04. The van der Waals surface area contributed by atoms with Gasteiger partial charge in [0.05, 0.1) is 5.71 Å². The Labute approximate surface area is 112 Å². The Bertz CT molecular complexity index is 497. The van der Waals surface area contributed by atoms with Gasteiger partial charge in [-0.1, -0.05) is 13.3 Å². The van der Waals surface area contributed by atoms with E-state index >= 15 is 0 Å². The number of rotatable bonds is 5. The summed E-state index contributed by atoms with van der Waals surface area (Å²) in [7, 11) is 0. The molecule has 0 aromatic heterocycles. The Hall–Kier alpha value is -2.04. The molecule has 0 fully saturated rings. The predicted octanol–water partition coefficient (Wildman–Crippen LogP) is 2.45. The average Bonchev–Trinajstić information content (AvgIpc) is 2.89. The van der Waals surface area contributed by atoms with Crippen LogP contribution in [-0.2, 0) is 4.79 Å². The van der Waals surface area contributed by atoms with Crippen LogP contribution in [0.5, 0.6) is 11.5 Å². The molecule has 0 radical (unpaired) electrons. The minimum atomic E-state index is -0.0538. The zero-order valence-electron chi connectivity index (χ0n) is 11.2. The molecule has 1 aliphatic heterocycles. The van der Waals surface area contributed by atoms with E-state index < -0.39 is 0 Å². The van der Waals surface area contributed by atoms with E-state index in [1.165, 1.54) is 0 Å². The summed E-state index contributed by atoms with van der Waals surface area (Å²) in [5.74, 6) is 1.40. The number of fused-ring (bicyclic) bond motifs is 1. The first-order chi connectivity index (χ1) is 9.20. The number of hydrazone groups is 1. The second-order valence-corrected chi connectivity index (χ2v) is 4.40. The fraction of sp³-hybridized carbons (Fsp3) is 0.429. The van der Waals surface area contributed by atoms with Gasteiger partial charge in [-0.25, -0.2) is 5.43 Å². The number of hydrogen-bond donors (Lipinski definition) is 1. The highest BCUT2D eigenvalue weighted by Gasteiger charge is 2.14. The largest absolute Gasteiger partial charge is 0.454 e. The fourth-order valence-electron chi connectivity index (χ4n) is 1.73. The van der Waals surface area contributed by atoms with Crippen molar-refractivity contribution in [2.45, 2.75) is 33.1 Å². The number of ether oxygens (including phenoxy) is 2. The van der Waals surface area contributed by atoms with E-state index in [0.717, 1.165) is 29.9 Å². The molecule has 2 rings (SSSR count). The van der Waals surface area contributed by atoms with Crippen LogP contribution in [0.4, 0.5) is 0 Å². The summed E-state index contributed by atoms with van der Waals surface area (Å²) in [5, 5.41) is 4.09. The van der Waals surface area contributed by atoms with Crippen molar-refractivity contribution >= 4 is 11.6 Å². The van der Waals surface area contributed by atoms with Crippen LogP contribution in [0, 0.1) is 0 Å². The van der Waals surface area contributed by atoms with Gasteiger partial charge in [0.25, 0.3) is 0 Å². The summed E-state index contributed by atoms with van der Waals surface area (Å²) < 4.78 is 10.5. The van der Waals surface area contributed by atoms with Crippen LogP contribution in [0.3, 0.4) is 0 Å². The number of carbonyl (C=O) groups is 1. The van der Waals surface area contributed by atoms with E-state index in [2.05, 4.69) is 17.5 Å². The lowest BCUT2D eigenvalue weighted by molar-refractivity contribution is -0.121. The fourth-order valence-corrected chi connectivity index (χ4v) is 1.73. The monoisotopic (exact) mass is 262 g/mol. The molecular formula is C14H18N2O3. The molecule has 1 aliphatic rings. The van der Waals surface area contributed by atoms with Gasteiger partial charge in [-0.3, -0.25) is 4.79 Å². The molecule has 0 saturated heterocycles. The van der Waals surface area contributed by atoms with Gasteiger partial charge in [-0.15, -0.1) is 0 Å². The van der Waals surface area contributed by atoms with Crippen molar-refractivity contribution in [2.75, 3.05) is 6.79 Å². The first-order valence-corrected chi connectivity index (χ1v) is 6.44. The highest BCUT2D eigenvalue weighted by Crippen LogP contribution is 2.32. The van der Waals surface area contributed by atoms with Crippen molar-refractivity contribution in [3.63, 3.8) is 0 Å². The van der Waals surface area contributed by atoms with Gasteiger partial charge in [0.1, 0.15) is 0 Å². The summed E-state index contributed by atoms with van der Waals surface area (Å²) in [4.78, 5) is 11.5. The van der Waals surface area contributed by atoms with Crippen LogP contribution >= 0.6 is 0 Å². The molecule has 1 N–H and O–H groups in total. The number of amides is 1. The molecule has 1 aromatic carbocycles. The number of hydrogen-bond acceptors (Lipinski definition) is 4. The zero-order valence-corrected chi connectivity index (χ0v) is 11.2. The molecule has 0 bridgehead atoms. The van der Waals surface area contributed by atoms with Crippen LogP contribution in [0.25, 0.3) is 0 Å². The van der Waals surface area contributed by atoms with Gasteiger partial charge in [-0.2, -0.15) is 5.10 Å². The first-order valence-electron chi connectivity index (χ1n) is 6.44. The van der Waals surface area contributed by atoms with Gasteiger partial charge in [-0.05, 0) is 31.5 Å². The van der Waals surface area contributed by atoms with Crippen molar-refractivity contribution in [1.82, 2.24) is 5.43 Å². The van der Waals surface area contributed by atoms with Crippen molar-refractivity contribution in [1.29, 1.82) is 0 Å². The molecule has 1 amide bonds. The number of unbranched alkanes of at least 4 members (excludes halogenated alkanes) is 1. The Morgan fingerprint density at radius 1 is 1.37 bits per heavy atom. The van der Waals surface area contributed by atoms with Crippen LogP contribution in [0.15, 0.2) is 23.3 Å². The third-order valence-corrected chi connectivity index (χ3v) is 2.90. The van der Waals surface area contributed by atoms with Gasteiger partial charge in [0.15, 0.2) is 11.5 Å². The second-order valence-electron chi connectivity index (χ2n) is 4.40. The Morgan fingerprint density at radius 3 is 2.95 bits per heavy atom. The smallest absolute Gasteiger partial charge is 0.240 e. The summed E-state index contributed by atoms with van der Waals surface area (Å²) >= 11 is 0. The number of carbonyl (C=O) groups excluding carboxylic acids is 1. The predicted molar refractivity (Wildman–Crippen MR) is 72.4 cm³/mol. The molecular weight excluding hydrogens is 244 g/mol. The Kier molecular flexibility index (Phi) is 4.39. The molecule has 0 unspecified atom stereocenters. The van der Waals surface area contributed by atoms with E-state index in [1.807, 2.05) is 25.1 Å². The highest BCUT2D eigenvalue weighted by molar-refractivity contribution is 5.99.